The molecule has 1 saturated carbocycles. The number of hydrogen-bond donors (Lipinski definition) is 1. The van der Waals surface area contributed by atoms with Gasteiger partial charge in [-0.1, -0.05) is 29.8 Å². The van der Waals surface area contributed by atoms with E-state index in [0.717, 1.165) is 34.6 Å². The van der Waals surface area contributed by atoms with Crippen molar-refractivity contribution >= 4 is 41.3 Å². The zero-order chi connectivity index (χ0) is 22.9. The third-order valence-corrected chi connectivity index (χ3v) is 8.12. The molecule has 5 rings (SSSR count). The maximum atomic E-state index is 13.0. The molecule has 1 N–H and O–H groups in total. The number of amides is 2. The van der Waals surface area contributed by atoms with Crippen LogP contribution in [0.25, 0.3) is 6.08 Å². The van der Waals surface area contributed by atoms with Crippen molar-refractivity contribution in [3.05, 3.63) is 63.5 Å². The predicted molar refractivity (Wildman–Crippen MR) is 129 cm³/mol. The SMILES string of the molecule is CN1C(=O)/C(=C\c2cccc(Cl)c2)SC2CCC(C(=O)NCc3ccc4c(c3)OCO4)CC21. The van der Waals surface area contributed by atoms with Crippen molar-refractivity contribution in [3.8, 4) is 11.5 Å². The molecule has 0 bridgehead atoms. The lowest BCUT2D eigenvalue weighted by Crippen LogP contribution is -2.52. The van der Waals surface area contributed by atoms with E-state index < -0.39 is 0 Å². The fourth-order valence-electron chi connectivity index (χ4n) is 4.67. The van der Waals surface area contributed by atoms with Gasteiger partial charge >= 0.3 is 0 Å². The summed E-state index contributed by atoms with van der Waals surface area (Å²) in [5.74, 6) is 1.38. The van der Waals surface area contributed by atoms with Crippen molar-refractivity contribution in [2.45, 2.75) is 37.1 Å². The normalized spacial score (nSPS) is 25.2. The fourth-order valence-corrected chi connectivity index (χ4v) is 6.35. The summed E-state index contributed by atoms with van der Waals surface area (Å²) in [5, 5.41) is 4.00. The van der Waals surface area contributed by atoms with Crippen LogP contribution in [0.4, 0.5) is 0 Å². The molecule has 0 spiro atoms. The van der Waals surface area contributed by atoms with Crippen LogP contribution < -0.4 is 14.8 Å². The molecule has 2 amide bonds. The summed E-state index contributed by atoms with van der Waals surface area (Å²) >= 11 is 7.73. The third-order valence-electron chi connectivity index (χ3n) is 6.48. The summed E-state index contributed by atoms with van der Waals surface area (Å²) in [6.45, 7) is 0.673. The minimum Gasteiger partial charge on any atom is -0.454 e. The van der Waals surface area contributed by atoms with E-state index in [9.17, 15) is 9.59 Å². The molecule has 1 aliphatic carbocycles. The van der Waals surface area contributed by atoms with Crippen LogP contribution in [0.2, 0.25) is 5.02 Å². The van der Waals surface area contributed by atoms with Gasteiger partial charge in [-0.15, -0.1) is 11.8 Å². The molecule has 2 fully saturated rings. The van der Waals surface area contributed by atoms with Crippen LogP contribution in [0.15, 0.2) is 47.4 Å². The number of carbonyl (C=O) groups excluding carboxylic acids is 2. The van der Waals surface area contributed by atoms with Crippen molar-refractivity contribution in [2.24, 2.45) is 5.92 Å². The van der Waals surface area contributed by atoms with E-state index in [2.05, 4.69) is 5.32 Å². The quantitative estimate of drug-likeness (QED) is 0.648. The van der Waals surface area contributed by atoms with E-state index in [1.54, 1.807) is 11.8 Å². The third kappa shape index (κ3) is 4.70. The average molecular weight is 485 g/mol. The Hall–Kier alpha value is -2.64. The maximum Gasteiger partial charge on any atom is 0.260 e. The highest BCUT2D eigenvalue weighted by Gasteiger charge is 2.42. The molecule has 2 aromatic rings. The van der Waals surface area contributed by atoms with E-state index >= 15 is 0 Å². The lowest BCUT2D eigenvalue weighted by Gasteiger charge is -2.44. The molecule has 33 heavy (non-hydrogen) atoms. The van der Waals surface area contributed by atoms with E-state index in [0.29, 0.717) is 23.7 Å². The number of thioether (sulfide) groups is 1. The summed E-state index contributed by atoms with van der Waals surface area (Å²) in [6, 6.07) is 13.3. The Morgan fingerprint density at radius 3 is 2.91 bits per heavy atom. The maximum absolute atomic E-state index is 13.0. The molecule has 3 atom stereocenters. The van der Waals surface area contributed by atoms with Crippen molar-refractivity contribution in [2.75, 3.05) is 13.8 Å². The summed E-state index contributed by atoms with van der Waals surface area (Å²) in [7, 11) is 1.85. The Bertz CT molecular complexity index is 1120. The molecule has 3 aliphatic rings. The summed E-state index contributed by atoms with van der Waals surface area (Å²) in [4.78, 5) is 28.5. The largest absolute Gasteiger partial charge is 0.454 e. The highest BCUT2D eigenvalue weighted by atomic mass is 35.5. The van der Waals surface area contributed by atoms with E-state index in [1.165, 1.54) is 0 Å². The van der Waals surface area contributed by atoms with Crippen LogP contribution in [-0.2, 0) is 16.1 Å². The first-order valence-electron chi connectivity index (χ1n) is 11.1. The topological polar surface area (TPSA) is 67.9 Å². The highest BCUT2D eigenvalue weighted by molar-refractivity contribution is 8.04. The molecule has 2 heterocycles. The Labute approximate surface area is 202 Å². The number of benzene rings is 2. The highest BCUT2D eigenvalue weighted by Crippen LogP contribution is 2.43. The molecule has 6 nitrogen and oxygen atoms in total. The van der Waals surface area contributed by atoms with Crippen molar-refractivity contribution in [3.63, 3.8) is 0 Å². The average Bonchev–Trinajstić information content (AvgIpc) is 3.29. The van der Waals surface area contributed by atoms with Crippen LogP contribution in [-0.4, -0.2) is 41.8 Å². The Kier molecular flexibility index (Phi) is 6.25. The van der Waals surface area contributed by atoms with Gasteiger partial charge in [-0.2, -0.15) is 0 Å². The lowest BCUT2D eigenvalue weighted by atomic mass is 9.83. The van der Waals surface area contributed by atoms with Gasteiger partial charge in [0.1, 0.15) is 0 Å². The first-order valence-corrected chi connectivity index (χ1v) is 12.3. The molecular formula is C25H25ClN2O4S. The molecular weight excluding hydrogens is 460 g/mol. The minimum atomic E-state index is -0.102. The van der Waals surface area contributed by atoms with Gasteiger partial charge in [0.2, 0.25) is 12.7 Å². The van der Waals surface area contributed by atoms with E-state index in [-0.39, 0.29) is 35.8 Å². The number of rotatable bonds is 4. The van der Waals surface area contributed by atoms with Gasteiger partial charge in [0.05, 0.1) is 4.91 Å². The number of ether oxygens (including phenoxy) is 2. The number of nitrogens with zero attached hydrogens (tertiary/aromatic N) is 1. The van der Waals surface area contributed by atoms with Gasteiger partial charge in [0, 0.05) is 35.8 Å². The second-order valence-corrected chi connectivity index (χ2v) is 10.3. The first-order chi connectivity index (χ1) is 16.0. The summed E-state index contributed by atoms with van der Waals surface area (Å²) < 4.78 is 10.7. The van der Waals surface area contributed by atoms with E-state index in [4.69, 9.17) is 21.1 Å². The van der Waals surface area contributed by atoms with Crippen molar-refractivity contribution < 1.29 is 19.1 Å². The summed E-state index contributed by atoms with van der Waals surface area (Å²) in [5.41, 5.74) is 1.89. The molecule has 8 heteroatoms. The van der Waals surface area contributed by atoms with Crippen LogP contribution >= 0.6 is 23.4 Å². The number of carbonyl (C=O) groups is 2. The van der Waals surface area contributed by atoms with Gasteiger partial charge < -0.3 is 19.7 Å². The lowest BCUT2D eigenvalue weighted by molar-refractivity contribution is -0.132. The fraction of sp³-hybridized carbons (Fsp3) is 0.360. The predicted octanol–water partition coefficient (Wildman–Crippen LogP) is 4.47. The molecule has 0 aromatic heterocycles. The van der Waals surface area contributed by atoms with Gasteiger partial charge in [-0.25, -0.2) is 0 Å². The van der Waals surface area contributed by atoms with Crippen LogP contribution in [0.1, 0.15) is 30.4 Å². The first kappa shape index (κ1) is 22.2. The van der Waals surface area contributed by atoms with Gasteiger partial charge in [0.25, 0.3) is 5.91 Å². The molecule has 0 radical (unpaired) electrons. The number of hydrogen-bond acceptors (Lipinski definition) is 5. The monoisotopic (exact) mass is 484 g/mol. The molecule has 1 saturated heterocycles. The van der Waals surface area contributed by atoms with Crippen molar-refractivity contribution in [1.82, 2.24) is 10.2 Å². The zero-order valence-electron chi connectivity index (χ0n) is 18.3. The number of nitrogens with one attached hydrogen (secondary N) is 1. The second-order valence-electron chi connectivity index (χ2n) is 8.62. The minimum absolute atomic E-state index is 0.00245. The van der Waals surface area contributed by atoms with Crippen LogP contribution in [0, 0.1) is 5.92 Å². The smallest absolute Gasteiger partial charge is 0.260 e. The van der Waals surface area contributed by atoms with Crippen LogP contribution in [0.5, 0.6) is 11.5 Å². The van der Waals surface area contributed by atoms with Gasteiger partial charge in [-0.05, 0) is 60.7 Å². The Morgan fingerprint density at radius 2 is 2.06 bits per heavy atom. The molecule has 3 unspecified atom stereocenters. The standard InChI is InChI=1S/C25H25ClN2O4S/c1-28-19-12-17(24(29)27-13-16-5-7-20-21(10-16)32-14-31-20)6-8-22(19)33-23(25(28)30)11-15-3-2-4-18(26)9-15/h2-5,7,9-11,17,19,22H,6,8,12-14H2,1H3,(H,27,29)/b23-11+. The second kappa shape index (κ2) is 9.31. The number of likely N-dealkylation sites (N-methyl/N-ethyl adjacent to an activating group) is 1. The molecule has 2 aromatic carbocycles. The van der Waals surface area contributed by atoms with Crippen molar-refractivity contribution in [1.29, 1.82) is 0 Å². The Morgan fingerprint density at radius 1 is 1.21 bits per heavy atom. The van der Waals surface area contributed by atoms with E-state index in [1.807, 2.05) is 60.5 Å². The zero-order valence-corrected chi connectivity index (χ0v) is 19.8. The van der Waals surface area contributed by atoms with Crippen LogP contribution in [0.3, 0.4) is 0 Å². The number of halogens is 1. The van der Waals surface area contributed by atoms with Gasteiger partial charge in [0.15, 0.2) is 11.5 Å². The molecule has 172 valence electrons. The van der Waals surface area contributed by atoms with Gasteiger partial charge in [-0.3, -0.25) is 9.59 Å². The number of fused-ring (bicyclic) bond motifs is 2. The molecule has 2 aliphatic heterocycles. The Balaban J connectivity index is 1.21. The summed E-state index contributed by atoms with van der Waals surface area (Å²) in [6.07, 6.45) is 4.29.